The van der Waals surface area contributed by atoms with Crippen LogP contribution in [0.1, 0.15) is 5.56 Å². The van der Waals surface area contributed by atoms with Crippen molar-refractivity contribution in [3.63, 3.8) is 0 Å². The Morgan fingerprint density at radius 2 is 1.57 bits per heavy atom. The second-order valence-electron chi connectivity index (χ2n) is 5.27. The van der Waals surface area contributed by atoms with E-state index < -0.39 is 0 Å². The average molecular weight is 304 g/mol. The van der Waals surface area contributed by atoms with Gasteiger partial charge >= 0.3 is 0 Å². The highest BCUT2D eigenvalue weighted by molar-refractivity contribution is 5.64. The third kappa shape index (κ3) is 4.11. The maximum Gasteiger partial charge on any atom is 0.118 e. The predicted octanol–water partition coefficient (Wildman–Crippen LogP) is 4.48. The third-order valence-corrected chi connectivity index (χ3v) is 3.65. The Labute approximate surface area is 136 Å². The Balaban J connectivity index is 1.64. The molecule has 0 aliphatic heterocycles. The number of hydrazine groups is 1. The van der Waals surface area contributed by atoms with Crippen LogP contribution in [-0.2, 0) is 6.54 Å². The molecule has 0 saturated carbocycles. The highest BCUT2D eigenvalue weighted by atomic mass is 16.5. The maximum absolute atomic E-state index is 5.21. The van der Waals surface area contributed by atoms with Gasteiger partial charge in [-0.15, -0.1) is 0 Å². The maximum atomic E-state index is 5.21. The molecule has 0 radical (unpaired) electrons. The fourth-order valence-electron chi connectivity index (χ4n) is 2.41. The lowest BCUT2D eigenvalue weighted by Gasteiger charge is -2.10. The van der Waals surface area contributed by atoms with Gasteiger partial charge in [0.05, 0.1) is 7.11 Å². The van der Waals surface area contributed by atoms with Gasteiger partial charge < -0.3 is 10.2 Å². The minimum absolute atomic E-state index is 0.749. The minimum Gasteiger partial charge on any atom is -0.497 e. The van der Waals surface area contributed by atoms with E-state index >= 15 is 0 Å². The molecule has 0 unspecified atom stereocenters. The monoisotopic (exact) mass is 304 g/mol. The lowest BCUT2D eigenvalue weighted by Crippen LogP contribution is -2.20. The first-order valence-electron chi connectivity index (χ1n) is 7.62. The normalized spacial score (nSPS) is 10.3. The van der Waals surface area contributed by atoms with Crippen molar-refractivity contribution >= 4 is 5.69 Å². The van der Waals surface area contributed by atoms with E-state index in [1.807, 2.05) is 42.5 Å². The van der Waals surface area contributed by atoms with Crippen molar-refractivity contribution in [1.82, 2.24) is 5.43 Å². The van der Waals surface area contributed by atoms with E-state index in [1.54, 1.807) is 7.11 Å². The van der Waals surface area contributed by atoms with Crippen LogP contribution in [0.3, 0.4) is 0 Å². The van der Waals surface area contributed by atoms with Crippen LogP contribution in [0.2, 0.25) is 0 Å². The zero-order valence-electron chi connectivity index (χ0n) is 13.1. The third-order valence-electron chi connectivity index (χ3n) is 3.65. The van der Waals surface area contributed by atoms with E-state index in [2.05, 4.69) is 47.2 Å². The van der Waals surface area contributed by atoms with Crippen molar-refractivity contribution < 1.29 is 4.74 Å². The highest BCUT2D eigenvalue weighted by Gasteiger charge is 2.00. The molecule has 0 aromatic heterocycles. The van der Waals surface area contributed by atoms with Crippen molar-refractivity contribution in [2.45, 2.75) is 6.54 Å². The molecule has 0 aliphatic rings. The highest BCUT2D eigenvalue weighted by Crippen LogP contribution is 2.23. The number of para-hydroxylation sites is 1. The van der Waals surface area contributed by atoms with E-state index in [4.69, 9.17) is 4.74 Å². The van der Waals surface area contributed by atoms with Crippen LogP contribution < -0.4 is 15.6 Å². The summed E-state index contributed by atoms with van der Waals surface area (Å²) in [4.78, 5) is 0. The van der Waals surface area contributed by atoms with Crippen molar-refractivity contribution in [3.05, 3.63) is 84.4 Å². The van der Waals surface area contributed by atoms with Gasteiger partial charge in [-0.05, 0) is 47.0 Å². The van der Waals surface area contributed by atoms with Crippen molar-refractivity contribution in [1.29, 1.82) is 0 Å². The van der Waals surface area contributed by atoms with Crippen LogP contribution in [-0.4, -0.2) is 7.11 Å². The second kappa shape index (κ2) is 7.47. The zero-order chi connectivity index (χ0) is 15.9. The molecule has 0 atom stereocenters. The molecule has 116 valence electrons. The molecule has 0 saturated heterocycles. The summed E-state index contributed by atoms with van der Waals surface area (Å²) in [7, 11) is 1.68. The number of methoxy groups -OCH3 is 1. The summed E-state index contributed by atoms with van der Waals surface area (Å²) in [5, 5.41) is 0. The lowest BCUT2D eigenvalue weighted by molar-refractivity contribution is 0.415. The Hall–Kier alpha value is -2.78. The fraction of sp³-hybridized carbons (Fsp3) is 0.100. The number of ether oxygens (including phenoxy) is 1. The summed E-state index contributed by atoms with van der Waals surface area (Å²) in [5.41, 5.74) is 11.1. The smallest absolute Gasteiger partial charge is 0.118 e. The molecule has 0 spiro atoms. The van der Waals surface area contributed by atoms with Gasteiger partial charge in [-0.25, -0.2) is 5.43 Å². The molecule has 3 rings (SSSR count). The molecular formula is C20H20N2O. The van der Waals surface area contributed by atoms with E-state index in [-0.39, 0.29) is 0 Å². The summed E-state index contributed by atoms with van der Waals surface area (Å²) in [6, 6.07) is 26.7. The first kappa shape index (κ1) is 15.1. The summed E-state index contributed by atoms with van der Waals surface area (Å²) in [5.74, 6) is 0.874. The lowest BCUT2D eigenvalue weighted by atomic mass is 10.0. The standard InChI is InChI=1S/C20H20N2O/c1-23-20-12-10-17(11-13-20)18-7-5-6-16(14-18)15-21-22-19-8-3-2-4-9-19/h2-14,21-22H,15H2,1H3. The number of hydrogen-bond donors (Lipinski definition) is 2. The van der Waals surface area contributed by atoms with E-state index in [0.29, 0.717) is 0 Å². The van der Waals surface area contributed by atoms with E-state index in [1.165, 1.54) is 16.7 Å². The van der Waals surface area contributed by atoms with Gasteiger partial charge in [-0.1, -0.05) is 48.5 Å². The van der Waals surface area contributed by atoms with Gasteiger partial charge in [0.15, 0.2) is 0 Å². The van der Waals surface area contributed by atoms with Crippen molar-refractivity contribution in [2.24, 2.45) is 0 Å². The Kier molecular flexibility index (Phi) is 4.92. The van der Waals surface area contributed by atoms with Crippen LogP contribution >= 0.6 is 0 Å². The second-order valence-corrected chi connectivity index (χ2v) is 5.27. The quantitative estimate of drug-likeness (QED) is 0.659. The Morgan fingerprint density at radius 1 is 0.783 bits per heavy atom. The Morgan fingerprint density at radius 3 is 2.30 bits per heavy atom. The molecule has 0 heterocycles. The van der Waals surface area contributed by atoms with Gasteiger partial charge in [-0.2, -0.15) is 0 Å². The van der Waals surface area contributed by atoms with Gasteiger partial charge in [-0.3, -0.25) is 0 Å². The number of hydrogen-bond acceptors (Lipinski definition) is 3. The van der Waals surface area contributed by atoms with Crippen LogP contribution in [0, 0.1) is 0 Å². The van der Waals surface area contributed by atoms with Gasteiger partial charge in [0, 0.05) is 12.2 Å². The number of nitrogens with one attached hydrogen (secondary N) is 2. The van der Waals surface area contributed by atoms with Gasteiger partial charge in [0.25, 0.3) is 0 Å². The molecule has 0 bridgehead atoms. The molecule has 23 heavy (non-hydrogen) atoms. The molecule has 3 nitrogen and oxygen atoms in total. The van der Waals surface area contributed by atoms with Crippen molar-refractivity contribution in [3.8, 4) is 16.9 Å². The van der Waals surface area contributed by atoms with E-state index in [9.17, 15) is 0 Å². The molecule has 3 aromatic carbocycles. The topological polar surface area (TPSA) is 33.3 Å². The average Bonchev–Trinajstić information content (AvgIpc) is 2.63. The molecule has 0 aliphatic carbocycles. The number of benzene rings is 3. The van der Waals surface area contributed by atoms with E-state index in [0.717, 1.165) is 18.0 Å². The molecule has 0 amide bonds. The van der Waals surface area contributed by atoms with Crippen molar-refractivity contribution in [2.75, 3.05) is 12.5 Å². The SMILES string of the molecule is COc1ccc(-c2cccc(CNNc3ccccc3)c2)cc1. The first-order chi connectivity index (χ1) is 11.3. The molecule has 3 heteroatoms. The van der Waals surface area contributed by atoms with Gasteiger partial charge in [0.2, 0.25) is 0 Å². The Bertz CT molecular complexity index is 739. The molecule has 2 N–H and O–H groups in total. The summed E-state index contributed by atoms with van der Waals surface area (Å²) in [6.07, 6.45) is 0. The minimum atomic E-state index is 0.749. The number of anilines is 1. The predicted molar refractivity (Wildman–Crippen MR) is 95.3 cm³/mol. The molecular weight excluding hydrogens is 284 g/mol. The molecule has 0 fully saturated rings. The summed E-state index contributed by atoms with van der Waals surface area (Å²) < 4.78 is 5.21. The van der Waals surface area contributed by atoms with Crippen LogP contribution in [0.25, 0.3) is 11.1 Å². The van der Waals surface area contributed by atoms with Crippen LogP contribution in [0.4, 0.5) is 5.69 Å². The zero-order valence-corrected chi connectivity index (χ0v) is 13.1. The largest absolute Gasteiger partial charge is 0.497 e. The first-order valence-corrected chi connectivity index (χ1v) is 7.62. The van der Waals surface area contributed by atoms with Crippen LogP contribution in [0.5, 0.6) is 5.75 Å². The number of rotatable bonds is 6. The fourth-order valence-corrected chi connectivity index (χ4v) is 2.41. The summed E-state index contributed by atoms with van der Waals surface area (Å²) in [6.45, 7) is 0.749. The molecule has 3 aromatic rings. The van der Waals surface area contributed by atoms with Crippen LogP contribution in [0.15, 0.2) is 78.9 Å². The van der Waals surface area contributed by atoms with Gasteiger partial charge in [0.1, 0.15) is 5.75 Å². The summed E-state index contributed by atoms with van der Waals surface area (Å²) >= 11 is 0.